The molecule has 0 aliphatic carbocycles. The van der Waals surface area contributed by atoms with Crippen molar-refractivity contribution in [1.29, 1.82) is 0 Å². The molecular formula is C20H27Cl2N3O2Ru. The molecule has 0 amide bonds. The SMILES string of the molecule is C=C=C.CC(C)[C@@H]1COC(c2cccc(C3=N[C@H](C(C)C)CO3)n2)=N1.[Cl][Ru][Cl]. The van der Waals surface area contributed by atoms with Gasteiger partial charge in [-0.3, -0.25) is 0 Å². The van der Waals surface area contributed by atoms with E-state index in [9.17, 15) is 0 Å². The van der Waals surface area contributed by atoms with Crippen LogP contribution in [0.1, 0.15) is 39.1 Å². The van der Waals surface area contributed by atoms with Crippen LogP contribution in [0, 0.1) is 11.8 Å². The Morgan fingerprint density at radius 2 is 1.32 bits per heavy atom. The molecule has 0 fully saturated rings. The number of ether oxygens (including phenoxy) is 2. The first-order chi connectivity index (χ1) is 13.4. The van der Waals surface area contributed by atoms with Gasteiger partial charge in [0.25, 0.3) is 0 Å². The van der Waals surface area contributed by atoms with Crippen LogP contribution in [0.3, 0.4) is 0 Å². The van der Waals surface area contributed by atoms with Crippen molar-refractivity contribution in [1.82, 2.24) is 4.98 Å². The summed E-state index contributed by atoms with van der Waals surface area (Å²) in [6.07, 6.45) is 0. The molecule has 0 saturated heterocycles. The monoisotopic (exact) mass is 513 g/mol. The van der Waals surface area contributed by atoms with Crippen LogP contribution in [0.4, 0.5) is 0 Å². The first-order valence-corrected chi connectivity index (χ1v) is 13.4. The first-order valence-electron chi connectivity index (χ1n) is 8.91. The van der Waals surface area contributed by atoms with Gasteiger partial charge in [0.2, 0.25) is 11.8 Å². The van der Waals surface area contributed by atoms with Crippen molar-refractivity contribution in [2.24, 2.45) is 21.8 Å². The third-order valence-corrected chi connectivity index (χ3v) is 4.07. The predicted octanol–water partition coefficient (Wildman–Crippen LogP) is 5.02. The van der Waals surface area contributed by atoms with Crippen LogP contribution < -0.4 is 0 Å². The standard InChI is InChI=1S/C17H23N3O2.C3H4.2ClH.Ru/c1-10(2)14-8-21-16(19-14)12-6-5-7-13(18-12)17-20-15(9-22-17)11(3)4;1-3-2;;;/h5-7,10-11,14-15H,8-9H2,1-4H3;1-2H2;2*1H;/q;;;;+2/p-2/t14-,15-;;;;/m0..../s1. The van der Waals surface area contributed by atoms with E-state index in [0.29, 0.717) is 36.8 Å². The topological polar surface area (TPSA) is 56.1 Å². The average Bonchev–Trinajstić information content (AvgIpc) is 3.33. The van der Waals surface area contributed by atoms with Crippen LogP contribution in [0.25, 0.3) is 0 Å². The van der Waals surface area contributed by atoms with Crippen LogP contribution >= 0.6 is 19.4 Å². The summed E-state index contributed by atoms with van der Waals surface area (Å²) in [5.41, 5.74) is 3.75. The summed E-state index contributed by atoms with van der Waals surface area (Å²) in [7, 11) is 9.71. The number of hydrogen-bond acceptors (Lipinski definition) is 5. The molecule has 0 unspecified atom stereocenters. The zero-order valence-electron chi connectivity index (χ0n) is 16.6. The molecule has 0 radical (unpaired) electrons. The molecular weight excluding hydrogens is 486 g/mol. The van der Waals surface area contributed by atoms with E-state index in [2.05, 4.69) is 61.6 Å². The van der Waals surface area contributed by atoms with E-state index in [0.717, 1.165) is 11.4 Å². The van der Waals surface area contributed by atoms with Gasteiger partial charge in [-0.1, -0.05) is 46.9 Å². The molecule has 1 aromatic heterocycles. The van der Waals surface area contributed by atoms with Crippen molar-refractivity contribution in [2.45, 2.75) is 39.8 Å². The Morgan fingerprint density at radius 1 is 0.964 bits per heavy atom. The normalized spacial score (nSPS) is 20.1. The molecule has 3 heterocycles. The third-order valence-electron chi connectivity index (χ3n) is 4.07. The molecule has 2 aliphatic rings. The summed E-state index contributed by atoms with van der Waals surface area (Å²) in [6.45, 7) is 16.1. The number of halogens is 2. The number of pyridine rings is 1. The molecule has 0 saturated carbocycles. The van der Waals surface area contributed by atoms with Gasteiger partial charge >= 0.3 is 34.5 Å². The molecule has 156 valence electrons. The summed E-state index contributed by atoms with van der Waals surface area (Å²) >= 11 is -0.346. The fourth-order valence-electron chi connectivity index (χ4n) is 2.42. The van der Waals surface area contributed by atoms with Crippen molar-refractivity contribution >= 4 is 31.2 Å². The Labute approximate surface area is 183 Å². The molecule has 2 aliphatic heterocycles. The van der Waals surface area contributed by atoms with Crippen LogP contribution in [0.5, 0.6) is 0 Å². The molecule has 3 rings (SSSR count). The van der Waals surface area contributed by atoms with E-state index in [4.69, 9.17) is 28.9 Å². The molecule has 5 nitrogen and oxygen atoms in total. The molecule has 28 heavy (non-hydrogen) atoms. The fraction of sp³-hybridized carbons (Fsp3) is 0.500. The first kappa shape index (κ1) is 24.9. The van der Waals surface area contributed by atoms with Crippen molar-refractivity contribution in [3.05, 3.63) is 48.5 Å². The third kappa shape index (κ3) is 7.68. The van der Waals surface area contributed by atoms with Crippen molar-refractivity contribution in [3.63, 3.8) is 0 Å². The Hall–Kier alpha value is -1.19. The second-order valence-electron chi connectivity index (χ2n) is 6.82. The minimum absolute atomic E-state index is 0.214. The Balaban J connectivity index is 0.000000582. The molecule has 0 spiro atoms. The van der Waals surface area contributed by atoms with Gasteiger partial charge in [0.15, 0.2) is 0 Å². The molecule has 0 N–H and O–H groups in total. The summed E-state index contributed by atoms with van der Waals surface area (Å²) in [5, 5.41) is 0. The quantitative estimate of drug-likeness (QED) is 0.420. The molecule has 0 bridgehead atoms. The van der Waals surface area contributed by atoms with Gasteiger partial charge < -0.3 is 9.47 Å². The maximum absolute atomic E-state index is 5.70. The van der Waals surface area contributed by atoms with Gasteiger partial charge in [0.05, 0.1) is 12.1 Å². The van der Waals surface area contributed by atoms with Gasteiger partial charge in [-0.2, -0.15) is 0 Å². The van der Waals surface area contributed by atoms with Crippen LogP contribution in [0.2, 0.25) is 0 Å². The maximum atomic E-state index is 5.70. The average molecular weight is 513 g/mol. The number of rotatable bonds is 4. The summed E-state index contributed by atoms with van der Waals surface area (Å²) < 4.78 is 11.4. The van der Waals surface area contributed by atoms with Gasteiger partial charge in [-0.15, -0.1) is 5.73 Å². The van der Waals surface area contributed by atoms with Crippen molar-refractivity contribution < 1.29 is 24.6 Å². The van der Waals surface area contributed by atoms with E-state index < -0.39 is 0 Å². The van der Waals surface area contributed by atoms with Crippen molar-refractivity contribution in [2.75, 3.05) is 13.2 Å². The van der Waals surface area contributed by atoms with Crippen LogP contribution in [-0.4, -0.2) is 42.1 Å². The molecule has 2 atom stereocenters. The Bertz CT molecular complexity index is 668. The summed E-state index contributed by atoms with van der Waals surface area (Å²) in [6, 6.07) is 6.21. The van der Waals surface area contributed by atoms with E-state index in [-0.39, 0.29) is 27.2 Å². The Kier molecular flexibility index (Phi) is 11.6. The molecule has 0 aromatic carbocycles. The number of nitrogens with zero attached hydrogens (tertiary/aromatic N) is 3. The molecule has 1 aromatic rings. The Morgan fingerprint density at radius 3 is 1.61 bits per heavy atom. The van der Waals surface area contributed by atoms with Gasteiger partial charge in [-0.05, 0) is 24.0 Å². The van der Waals surface area contributed by atoms with E-state index >= 15 is 0 Å². The summed E-state index contributed by atoms with van der Waals surface area (Å²) in [4.78, 5) is 13.9. The van der Waals surface area contributed by atoms with Crippen LogP contribution in [-0.2, 0) is 24.6 Å². The minimum atomic E-state index is -0.346. The molecule has 8 heteroatoms. The number of aliphatic imine (C=N–C) groups is 2. The zero-order chi connectivity index (χ0) is 21.1. The van der Waals surface area contributed by atoms with E-state index in [1.165, 1.54) is 0 Å². The fourth-order valence-corrected chi connectivity index (χ4v) is 2.42. The summed E-state index contributed by atoms with van der Waals surface area (Å²) in [5.74, 6) is 2.18. The van der Waals surface area contributed by atoms with E-state index in [1.807, 2.05) is 18.2 Å². The zero-order valence-corrected chi connectivity index (χ0v) is 19.9. The van der Waals surface area contributed by atoms with E-state index in [1.54, 1.807) is 0 Å². The second kappa shape index (κ2) is 13.1. The van der Waals surface area contributed by atoms with Crippen molar-refractivity contribution in [3.8, 4) is 0 Å². The van der Waals surface area contributed by atoms with Gasteiger partial charge in [-0.25, -0.2) is 15.0 Å². The second-order valence-corrected chi connectivity index (χ2v) is 9.46. The van der Waals surface area contributed by atoms with Gasteiger partial charge in [0.1, 0.15) is 24.6 Å². The predicted molar refractivity (Wildman–Crippen MR) is 113 cm³/mol. The van der Waals surface area contributed by atoms with Crippen LogP contribution in [0.15, 0.2) is 47.1 Å². The number of aromatic nitrogens is 1. The van der Waals surface area contributed by atoms with Gasteiger partial charge in [0, 0.05) is 0 Å². The number of hydrogen-bond donors (Lipinski definition) is 0.